The van der Waals surface area contributed by atoms with Crippen molar-refractivity contribution in [1.29, 1.82) is 0 Å². The van der Waals surface area contributed by atoms with Crippen LogP contribution in [0, 0.1) is 0 Å². The number of aromatic nitrogens is 3. The molecule has 5 nitrogen and oxygen atoms in total. The van der Waals surface area contributed by atoms with E-state index in [2.05, 4.69) is 15.3 Å². The Morgan fingerprint density at radius 2 is 2.05 bits per heavy atom. The molecule has 0 unspecified atom stereocenters. The minimum absolute atomic E-state index is 0.157. The first-order valence-corrected chi connectivity index (χ1v) is 6.42. The van der Waals surface area contributed by atoms with Gasteiger partial charge in [0, 0.05) is 24.2 Å². The van der Waals surface area contributed by atoms with Crippen LogP contribution in [0.2, 0.25) is 5.15 Å². The van der Waals surface area contributed by atoms with Crippen LogP contribution in [0.25, 0.3) is 5.65 Å². The van der Waals surface area contributed by atoms with Crippen molar-refractivity contribution in [2.75, 3.05) is 0 Å². The SMILES string of the molecule is O=C(NCc1cn2c(Cl)cccc2n1)c1ccncc1. The number of rotatable bonds is 3. The van der Waals surface area contributed by atoms with Crippen LogP contribution in [0.1, 0.15) is 16.1 Å². The van der Waals surface area contributed by atoms with Gasteiger partial charge in [0.2, 0.25) is 0 Å². The van der Waals surface area contributed by atoms with Crippen LogP contribution in [0.3, 0.4) is 0 Å². The molecule has 3 aromatic heterocycles. The summed E-state index contributed by atoms with van der Waals surface area (Å²) in [5.41, 5.74) is 2.08. The fourth-order valence-corrected chi connectivity index (χ4v) is 2.10. The van der Waals surface area contributed by atoms with E-state index in [0.717, 1.165) is 11.3 Å². The van der Waals surface area contributed by atoms with Gasteiger partial charge in [-0.1, -0.05) is 17.7 Å². The summed E-state index contributed by atoms with van der Waals surface area (Å²) in [7, 11) is 0. The quantitative estimate of drug-likeness (QED) is 0.752. The van der Waals surface area contributed by atoms with Gasteiger partial charge in [-0.15, -0.1) is 0 Å². The summed E-state index contributed by atoms with van der Waals surface area (Å²) in [5, 5.41) is 3.39. The summed E-state index contributed by atoms with van der Waals surface area (Å²) in [4.78, 5) is 20.2. The number of carbonyl (C=O) groups is 1. The Hall–Kier alpha value is -2.40. The lowest BCUT2D eigenvalue weighted by molar-refractivity contribution is 0.0950. The number of amides is 1. The second kappa shape index (κ2) is 5.30. The number of halogens is 1. The van der Waals surface area contributed by atoms with Gasteiger partial charge in [0.1, 0.15) is 10.8 Å². The van der Waals surface area contributed by atoms with E-state index in [1.807, 2.05) is 18.3 Å². The molecular formula is C14H11ClN4O. The van der Waals surface area contributed by atoms with Crippen molar-refractivity contribution in [3.05, 3.63) is 65.3 Å². The average Bonchev–Trinajstić information content (AvgIpc) is 2.90. The van der Waals surface area contributed by atoms with Crippen molar-refractivity contribution in [1.82, 2.24) is 19.7 Å². The maximum Gasteiger partial charge on any atom is 0.251 e. The zero-order valence-electron chi connectivity index (χ0n) is 10.5. The fourth-order valence-electron chi connectivity index (χ4n) is 1.89. The van der Waals surface area contributed by atoms with E-state index in [4.69, 9.17) is 11.6 Å². The number of carbonyl (C=O) groups excluding carboxylic acids is 1. The summed E-state index contributed by atoms with van der Waals surface area (Å²) in [6, 6.07) is 8.81. The summed E-state index contributed by atoms with van der Waals surface area (Å²) in [6.07, 6.45) is 4.98. The van der Waals surface area contributed by atoms with Gasteiger partial charge in [-0.3, -0.25) is 14.2 Å². The molecule has 0 bridgehead atoms. The van der Waals surface area contributed by atoms with Crippen molar-refractivity contribution in [2.45, 2.75) is 6.54 Å². The average molecular weight is 287 g/mol. The summed E-state index contributed by atoms with van der Waals surface area (Å²) < 4.78 is 1.77. The minimum Gasteiger partial charge on any atom is -0.346 e. The van der Waals surface area contributed by atoms with Crippen LogP contribution in [0.4, 0.5) is 0 Å². The third-order valence-corrected chi connectivity index (χ3v) is 3.17. The number of hydrogen-bond acceptors (Lipinski definition) is 3. The normalized spacial score (nSPS) is 10.7. The van der Waals surface area contributed by atoms with E-state index in [9.17, 15) is 4.79 Å². The van der Waals surface area contributed by atoms with Crippen LogP contribution in [-0.2, 0) is 6.54 Å². The molecule has 0 saturated heterocycles. The zero-order valence-corrected chi connectivity index (χ0v) is 11.2. The third-order valence-electron chi connectivity index (χ3n) is 2.86. The lowest BCUT2D eigenvalue weighted by Gasteiger charge is -2.02. The van der Waals surface area contributed by atoms with Gasteiger partial charge in [-0.2, -0.15) is 0 Å². The highest BCUT2D eigenvalue weighted by Crippen LogP contribution is 2.13. The van der Waals surface area contributed by atoms with Crippen molar-refractivity contribution in [3.63, 3.8) is 0 Å². The van der Waals surface area contributed by atoms with E-state index in [-0.39, 0.29) is 5.91 Å². The highest BCUT2D eigenvalue weighted by Gasteiger charge is 2.07. The molecule has 3 heterocycles. The Morgan fingerprint density at radius 1 is 1.25 bits per heavy atom. The molecule has 1 amide bonds. The number of fused-ring (bicyclic) bond motifs is 1. The van der Waals surface area contributed by atoms with Crippen LogP contribution in [0.5, 0.6) is 0 Å². The lowest BCUT2D eigenvalue weighted by atomic mass is 10.2. The molecule has 0 fully saturated rings. The molecule has 0 aliphatic heterocycles. The molecule has 100 valence electrons. The van der Waals surface area contributed by atoms with Crippen LogP contribution >= 0.6 is 11.6 Å². The first-order valence-electron chi connectivity index (χ1n) is 6.05. The number of pyridine rings is 2. The topological polar surface area (TPSA) is 59.3 Å². The van der Waals surface area contributed by atoms with Crippen molar-refractivity contribution < 1.29 is 4.79 Å². The first-order chi connectivity index (χ1) is 9.74. The van der Waals surface area contributed by atoms with Gasteiger partial charge in [0.25, 0.3) is 5.91 Å². The van der Waals surface area contributed by atoms with E-state index in [1.165, 1.54) is 0 Å². The van der Waals surface area contributed by atoms with Crippen molar-refractivity contribution in [2.24, 2.45) is 0 Å². The molecule has 0 radical (unpaired) electrons. The molecule has 20 heavy (non-hydrogen) atoms. The molecule has 3 aromatic rings. The minimum atomic E-state index is -0.157. The molecule has 0 aliphatic rings. The molecule has 3 rings (SSSR count). The monoisotopic (exact) mass is 286 g/mol. The lowest BCUT2D eigenvalue weighted by Crippen LogP contribution is -2.22. The van der Waals surface area contributed by atoms with E-state index >= 15 is 0 Å². The maximum atomic E-state index is 11.9. The Kier molecular flexibility index (Phi) is 3.35. The molecule has 0 spiro atoms. The molecule has 0 aliphatic carbocycles. The molecule has 6 heteroatoms. The number of imidazole rings is 1. The van der Waals surface area contributed by atoms with Gasteiger partial charge in [0.15, 0.2) is 0 Å². The Labute approximate surface area is 120 Å². The fraction of sp³-hybridized carbons (Fsp3) is 0.0714. The van der Waals surface area contributed by atoms with Gasteiger partial charge in [-0.05, 0) is 24.3 Å². The zero-order chi connectivity index (χ0) is 13.9. The Bertz CT molecular complexity index is 754. The van der Waals surface area contributed by atoms with Gasteiger partial charge in [-0.25, -0.2) is 4.98 Å². The number of nitrogens with one attached hydrogen (secondary N) is 1. The Morgan fingerprint density at radius 3 is 2.80 bits per heavy atom. The second-order valence-corrected chi connectivity index (χ2v) is 4.61. The highest BCUT2D eigenvalue weighted by atomic mass is 35.5. The smallest absolute Gasteiger partial charge is 0.251 e. The van der Waals surface area contributed by atoms with Crippen molar-refractivity contribution in [3.8, 4) is 0 Å². The largest absolute Gasteiger partial charge is 0.346 e. The third kappa shape index (κ3) is 2.48. The number of hydrogen-bond donors (Lipinski definition) is 1. The van der Waals surface area contributed by atoms with Gasteiger partial charge < -0.3 is 5.32 Å². The maximum absolute atomic E-state index is 11.9. The van der Waals surface area contributed by atoms with Crippen LogP contribution in [-0.4, -0.2) is 20.3 Å². The van der Waals surface area contributed by atoms with Gasteiger partial charge in [0.05, 0.1) is 12.2 Å². The number of nitrogens with zero attached hydrogens (tertiary/aromatic N) is 3. The summed E-state index contributed by atoms with van der Waals surface area (Å²) in [5.74, 6) is -0.157. The molecule has 0 saturated carbocycles. The predicted octanol–water partition coefficient (Wildman–Crippen LogP) is 2.31. The Balaban J connectivity index is 1.74. The summed E-state index contributed by atoms with van der Waals surface area (Å²) >= 11 is 6.06. The van der Waals surface area contributed by atoms with Crippen LogP contribution < -0.4 is 5.32 Å². The summed E-state index contributed by atoms with van der Waals surface area (Å²) in [6.45, 7) is 0.346. The standard InChI is InChI=1S/C14H11ClN4O/c15-12-2-1-3-13-18-11(9-19(12)13)8-17-14(20)10-4-6-16-7-5-10/h1-7,9H,8H2,(H,17,20). The highest BCUT2D eigenvalue weighted by molar-refractivity contribution is 6.29. The van der Waals surface area contributed by atoms with Crippen molar-refractivity contribution >= 4 is 23.2 Å². The predicted molar refractivity (Wildman–Crippen MR) is 75.6 cm³/mol. The molecule has 0 atom stereocenters. The van der Waals surface area contributed by atoms with Gasteiger partial charge >= 0.3 is 0 Å². The molecular weight excluding hydrogens is 276 g/mol. The van der Waals surface area contributed by atoms with Crippen LogP contribution in [0.15, 0.2) is 48.9 Å². The van der Waals surface area contributed by atoms with E-state index in [1.54, 1.807) is 35.0 Å². The first kappa shape index (κ1) is 12.6. The van der Waals surface area contributed by atoms with E-state index < -0.39 is 0 Å². The molecule has 1 N–H and O–H groups in total. The van der Waals surface area contributed by atoms with E-state index in [0.29, 0.717) is 17.3 Å². The molecule has 0 aromatic carbocycles. The second-order valence-electron chi connectivity index (χ2n) is 4.23.